The fraction of sp³-hybridized carbons (Fsp3) is 0.150. The molecule has 0 bridgehead atoms. The number of nitrogens with zero attached hydrogens (tertiary/aromatic N) is 4. The van der Waals surface area contributed by atoms with Crippen molar-refractivity contribution in [2.24, 2.45) is 0 Å². The SMILES string of the molecule is CC(O)(C#Cc1cn2nc(-c3ccco3)nc2c(N)n1)COc1ccccc1. The first-order chi connectivity index (χ1) is 13.5. The Labute approximate surface area is 160 Å². The van der Waals surface area contributed by atoms with E-state index in [0.29, 0.717) is 28.7 Å². The van der Waals surface area contributed by atoms with E-state index in [9.17, 15) is 5.11 Å². The van der Waals surface area contributed by atoms with Crippen molar-refractivity contribution in [3.05, 3.63) is 60.6 Å². The molecule has 1 aromatic carbocycles. The Morgan fingerprint density at radius 2 is 2.04 bits per heavy atom. The number of nitrogens with two attached hydrogens (primary N) is 1. The van der Waals surface area contributed by atoms with Crippen LogP contribution in [0.25, 0.3) is 17.2 Å². The summed E-state index contributed by atoms with van der Waals surface area (Å²) >= 11 is 0. The zero-order chi connectivity index (χ0) is 19.6. The van der Waals surface area contributed by atoms with Gasteiger partial charge in [-0.1, -0.05) is 24.1 Å². The van der Waals surface area contributed by atoms with Gasteiger partial charge in [0, 0.05) is 0 Å². The number of nitrogen functional groups attached to an aromatic ring is 1. The second-order valence-corrected chi connectivity index (χ2v) is 6.32. The summed E-state index contributed by atoms with van der Waals surface area (Å²) in [6, 6.07) is 12.7. The lowest BCUT2D eigenvalue weighted by atomic mass is 10.1. The topological polar surface area (TPSA) is 112 Å². The minimum atomic E-state index is -1.37. The molecule has 0 spiro atoms. The summed E-state index contributed by atoms with van der Waals surface area (Å²) < 4.78 is 12.3. The molecule has 140 valence electrons. The molecule has 3 aromatic heterocycles. The van der Waals surface area contributed by atoms with Crippen molar-refractivity contribution in [1.29, 1.82) is 0 Å². The van der Waals surface area contributed by atoms with Crippen LogP contribution in [-0.4, -0.2) is 36.9 Å². The van der Waals surface area contributed by atoms with Gasteiger partial charge in [-0.15, -0.1) is 5.10 Å². The zero-order valence-corrected chi connectivity index (χ0v) is 15.0. The number of rotatable bonds is 4. The average Bonchev–Trinajstić information content (AvgIpc) is 3.35. The second kappa shape index (κ2) is 7.06. The first kappa shape index (κ1) is 17.6. The molecule has 4 rings (SSSR count). The number of aromatic nitrogens is 4. The van der Waals surface area contributed by atoms with Crippen LogP contribution in [0.1, 0.15) is 12.6 Å². The normalized spacial score (nSPS) is 12.9. The standard InChI is InChI=1S/C20H17N5O3/c1-20(26,13-28-15-6-3-2-4-7-15)10-9-14-12-25-19(17(21)22-14)23-18(24-25)16-8-5-11-27-16/h2-8,11-12,26H,13H2,1H3,(H2,21,22). The summed E-state index contributed by atoms with van der Waals surface area (Å²) in [5, 5.41) is 14.8. The predicted octanol–water partition coefficient (Wildman–Crippen LogP) is 2.15. The van der Waals surface area contributed by atoms with Crippen LogP contribution >= 0.6 is 0 Å². The van der Waals surface area contributed by atoms with E-state index in [1.165, 1.54) is 4.52 Å². The summed E-state index contributed by atoms with van der Waals surface area (Å²) in [5.41, 5.74) is 5.35. The largest absolute Gasteiger partial charge is 0.490 e. The van der Waals surface area contributed by atoms with E-state index in [1.807, 2.05) is 18.2 Å². The highest BCUT2D eigenvalue weighted by molar-refractivity contribution is 5.63. The Morgan fingerprint density at radius 1 is 1.21 bits per heavy atom. The summed E-state index contributed by atoms with van der Waals surface area (Å²) in [6.45, 7) is 1.57. The van der Waals surface area contributed by atoms with Crippen LogP contribution in [0.4, 0.5) is 5.82 Å². The third-order valence-electron chi connectivity index (χ3n) is 3.81. The molecule has 3 heterocycles. The van der Waals surface area contributed by atoms with E-state index in [1.54, 1.807) is 43.6 Å². The van der Waals surface area contributed by atoms with E-state index in [0.717, 1.165) is 0 Å². The summed E-state index contributed by atoms with van der Waals surface area (Å²) in [4.78, 5) is 8.54. The highest BCUT2D eigenvalue weighted by atomic mass is 16.5. The van der Waals surface area contributed by atoms with E-state index in [2.05, 4.69) is 26.9 Å². The van der Waals surface area contributed by atoms with Crippen LogP contribution in [0.15, 0.2) is 59.3 Å². The molecular formula is C20H17N5O3. The van der Waals surface area contributed by atoms with E-state index in [4.69, 9.17) is 14.9 Å². The quantitative estimate of drug-likeness (QED) is 0.526. The number of aliphatic hydroxyl groups is 1. The van der Waals surface area contributed by atoms with Gasteiger partial charge >= 0.3 is 0 Å². The highest BCUT2D eigenvalue weighted by Crippen LogP contribution is 2.19. The van der Waals surface area contributed by atoms with E-state index >= 15 is 0 Å². The van der Waals surface area contributed by atoms with Gasteiger partial charge in [0.05, 0.1) is 12.5 Å². The number of furan rings is 1. The van der Waals surface area contributed by atoms with Gasteiger partial charge in [-0.3, -0.25) is 0 Å². The summed E-state index contributed by atoms with van der Waals surface area (Å²) in [5.74, 6) is 7.32. The molecule has 3 N–H and O–H groups in total. The minimum Gasteiger partial charge on any atom is -0.490 e. The lowest BCUT2D eigenvalue weighted by molar-refractivity contribution is 0.0629. The zero-order valence-electron chi connectivity index (χ0n) is 15.0. The Kier molecular flexibility index (Phi) is 4.43. The molecule has 0 saturated carbocycles. The molecule has 1 atom stereocenters. The number of para-hydroxylation sites is 1. The molecule has 0 fully saturated rings. The van der Waals surface area contributed by atoms with Gasteiger partial charge in [0.1, 0.15) is 18.1 Å². The van der Waals surface area contributed by atoms with Crippen molar-refractivity contribution >= 4 is 11.5 Å². The fourth-order valence-corrected chi connectivity index (χ4v) is 2.46. The minimum absolute atomic E-state index is 0.00765. The molecular weight excluding hydrogens is 358 g/mol. The first-order valence-corrected chi connectivity index (χ1v) is 8.50. The Balaban J connectivity index is 1.56. The molecule has 0 aliphatic carbocycles. The number of anilines is 1. The maximum Gasteiger partial charge on any atom is 0.218 e. The lowest BCUT2D eigenvalue weighted by Gasteiger charge is -2.17. The third-order valence-corrected chi connectivity index (χ3v) is 3.81. The number of fused-ring (bicyclic) bond motifs is 1. The van der Waals surface area contributed by atoms with E-state index < -0.39 is 5.60 Å². The lowest BCUT2D eigenvalue weighted by Crippen LogP contribution is -2.30. The van der Waals surface area contributed by atoms with Crippen LogP contribution in [0.5, 0.6) is 5.75 Å². The fourth-order valence-electron chi connectivity index (χ4n) is 2.46. The van der Waals surface area contributed by atoms with Gasteiger partial charge in [0.15, 0.2) is 22.8 Å². The molecule has 1 unspecified atom stereocenters. The third kappa shape index (κ3) is 3.79. The second-order valence-electron chi connectivity index (χ2n) is 6.32. The van der Waals surface area contributed by atoms with Crippen molar-refractivity contribution in [3.8, 4) is 29.2 Å². The molecule has 0 aliphatic heterocycles. The summed E-state index contributed by atoms with van der Waals surface area (Å²) in [7, 11) is 0. The van der Waals surface area contributed by atoms with Crippen LogP contribution < -0.4 is 10.5 Å². The number of hydrogen-bond donors (Lipinski definition) is 2. The molecule has 8 nitrogen and oxygen atoms in total. The van der Waals surface area contributed by atoms with Crippen LogP contribution in [0.3, 0.4) is 0 Å². The van der Waals surface area contributed by atoms with Crippen molar-refractivity contribution in [1.82, 2.24) is 19.6 Å². The van der Waals surface area contributed by atoms with Gasteiger partial charge in [-0.2, -0.15) is 0 Å². The van der Waals surface area contributed by atoms with Crippen LogP contribution in [-0.2, 0) is 0 Å². The smallest absolute Gasteiger partial charge is 0.218 e. The Morgan fingerprint density at radius 3 is 2.79 bits per heavy atom. The highest BCUT2D eigenvalue weighted by Gasteiger charge is 2.18. The van der Waals surface area contributed by atoms with E-state index in [-0.39, 0.29) is 12.4 Å². The average molecular weight is 375 g/mol. The van der Waals surface area contributed by atoms with Crippen molar-refractivity contribution in [2.75, 3.05) is 12.3 Å². The monoisotopic (exact) mass is 375 g/mol. The van der Waals surface area contributed by atoms with Gasteiger partial charge < -0.3 is 20.0 Å². The van der Waals surface area contributed by atoms with Gasteiger partial charge in [0.25, 0.3) is 0 Å². The van der Waals surface area contributed by atoms with Crippen molar-refractivity contribution in [2.45, 2.75) is 12.5 Å². The number of benzene rings is 1. The predicted molar refractivity (Wildman–Crippen MR) is 102 cm³/mol. The first-order valence-electron chi connectivity index (χ1n) is 8.50. The molecule has 4 aromatic rings. The van der Waals surface area contributed by atoms with Crippen molar-refractivity contribution < 1.29 is 14.3 Å². The Hall–Kier alpha value is -3.83. The van der Waals surface area contributed by atoms with Gasteiger partial charge in [-0.25, -0.2) is 14.5 Å². The van der Waals surface area contributed by atoms with Crippen LogP contribution in [0, 0.1) is 11.8 Å². The number of hydrogen-bond acceptors (Lipinski definition) is 7. The molecule has 0 amide bonds. The van der Waals surface area contributed by atoms with Crippen LogP contribution in [0.2, 0.25) is 0 Å². The molecule has 28 heavy (non-hydrogen) atoms. The maximum absolute atomic E-state index is 10.4. The Bertz CT molecular complexity index is 1160. The molecule has 0 saturated heterocycles. The molecule has 0 aliphatic rings. The molecule has 8 heteroatoms. The molecule has 0 radical (unpaired) electrons. The van der Waals surface area contributed by atoms with Gasteiger partial charge in [0.2, 0.25) is 5.82 Å². The maximum atomic E-state index is 10.4. The van der Waals surface area contributed by atoms with Crippen molar-refractivity contribution in [3.63, 3.8) is 0 Å². The van der Waals surface area contributed by atoms with Gasteiger partial charge in [-0.05, 0) is 37.1 Å². The summed E-state index contributed by atoms with van der Waals surface area (Å²) in [6.07, 6.45) is 3.13. The number of ether oxygens (including phenoxy) is 1.